The normalized spacial score (nSPS) is 19.5. The third kappa shape index (κ3) is 5.27. The molecule has 3 aromatic rings. The number of hydrogen-bond acceptors (Lipinski definition) is 7. The van der Waals surface area contributed by atoms with Gasteiger partial charge in [0.1, 0.15) is 10.0 Å². The van der Waals surface area contributed by atoms with Crippen LogP contribution in [-0.2, 0) is 19.6 Å². The summed E-state index contributed by atoms with van der Waals surface area (Å²) < 4.78 is 34.7. The third-order valence-electron chi connectivity index (χ3n) is 6.22. The maximum Gasteiger partial charge on any atom is 0.266 e. The number of amides is 1. The molecule has 192 valence electrons. The number of hydrogen-bond donors (Lipinski definition) is 0. The molecule has 0 aliphatic carbocycles. The molecule has 37 heavy (non-hydrogen) atoms. The average Bonchev–Trinajstić information content (AvgIpc) is 3.62. The molecule has 0 unspecified atom stereocenters. The summed E-state index contributed by atoms with van der Waals surface area (Å²) in [7, 11) is -0.641. The summed E-state index contributed by atoms with van der Waals surface area (Å²) in [5.74, 6) is -0.159. The van der Waals surface area contributed by atoms with Gasteiger partial charge < -0.3 is 4.74 Å². The van der Waals surface area contributed by atoms with E-state index in [1.165, 1.54) is 30.2 Å². The Morgan fingerprint density at radius 2 is 1.97 bits per heavy atom. The van der Waals surface area contributed by atoms with Crippen molar-refractivity contribution < 1.29 is 17.9 Å². The van der Waals surface area contributed by atoms with Gasteiger partial charge in [0.15, 0.2) is 0 Å². The average molecular weight is 555 g/mol. The number of thiocarbonyl (C=S) groups is 1. The van der Waals surface area contributed by atoms with Gasteiger partial charge in [-0.1, -0.05) is 54.3 Å². The fourth-order valence-corrected chi connectivity index (χ4v) is 6.45. The number of sulfonamides is 1. The summed E-state index contributed by atoms with van der Waals surface area (Å²) >= 11 is 6.77. The molecule has 3 heterocycles. The van der Waals surface area contributed by atoms with E-state index in [-0.39, 0.29) is 16.9 Å². The summed E-state index contributed by atoms with van der Waals surface area (Å²) in [6, 6.07) is 16.3. The predicted molar refractivity (Wildman–Crippen MR) is 149 cm³/mol. The van der Waals surface area contributed by atoms with Gasteiger partial charge in [0.2, 0.25) is 10.0 Å². The summed E-state index contributed by atoms with van der Waals surface area (Å²) in [5.41, 5.74) is 2.70. The zero-order valence-electron chi connectivity index (χ0n) is 20.4. The number of thioether (sulfide) groups is 1. The number of aromatic nitrogens is 2. The SMILES string of the molecule is CN(C)S(=O)(=O)c1cccc(-c2nn(-c3ccccc3)cc2/C=C2/SC(=S)N(C[C@H]3CCCO3)C2=O)c1. The lowest BCUT2D eigenvalue weighted by Crippen LogP contribution is -2.35. The van der Waals surface area contributed by atoms with Crippen LogP contribution in [-0.4, -0.2) is 71.0 Å². The summed E-state index contributed by atoms with van der Waals surface area (Å²) in [4.78, 5) is 15.5. The Kier molecular flexibility index (Phi) is 7.32. The second-order valence-corrected chi connectivity index (χ2v) is 12.8. The van der Waals surface area contributed by atoms with Crippen molar-refractivity contribution in [3.63, 3.8) is 0 Å². The number of rotatable bonds is 7. The van der Waals surface area contributed by atoms with E-state index in [2.05, 4.69) is 0 Å². The zero-order valence-corrected chi connectivity index (χ0v) is 22.9. The van der Waals surface area contributed by atoms with Crippen molar-refractivity contribution in [1.82, 2.24) is 19.0 Å². The molecule has 8 nitrogen and oxygen atoms in total. The van der Waals surface area contributed by atoms with E-state index in [9.17, 15) is 13.2 Å². The Bertz CT molecular complexity index is 1480. The standard InChI is InChI=1S/C26H26N4O4S3/c1-28(2)37(32,33)22-12-6-8-18(14-22)24-19(16-30(27-24)20-9-4-3-5-10-20)15-23-25(31)29(26(35)36-23)17-21-11-7-13-34-21/h3-6,8-10,12,14-16,21H,7,11,13,17H2,1-2H3/b23-15+/t21-/m1/s1. The quantitative estimate of drug-likeness (QED) is 0.320. The van der Waals surface area contributed by atoms with Gasteiger partial charge >= 0.3 is 0 Å². The molecule has 0 radical (unpaired) electrons. The molecular formula is C26H26N4O4S3. The Morgan fingerprint density at radius 3 is 2.68 bits per heavy atom. The Hall–Kier alpha value is -2.83. The predicted octanol–water partition coefficient (Wildman–Crippen LogP) is 4.17. The molecule has 5 rings (SSSR count). The van der Waals surface area contributed by atoms with Crippen molar-refractivity contribution in [2.75, 3.05) is 27.2 Å². The fraction of sp³-hybridized carbons (Fsp3) is 0.269. The first kappa shape index (κ1) is 25.8. The molecule has 11 heteroatoms. The van der Waals surface area contributed by atoms with E-state index >= 15 is 0 Å². The van der Waals surface area contributed by atoms with Crippen molar-refractivity contribution in [2.24, 2.45) is 0 Å². The maximum absolute atomic E-state index is 13.3. The van der Waals surface area contributed by atoms with Crippen molar-refractivity contribution in [1.29, 1.82) is 0 Å². The Balaban J connectivity index is 1.56. The highest BCUT2D eigenvalue weighted by Gasteiger charge is 2.35. The minimum atomic E-state index is -3.63. The first-order chi connectivity index (χ1) is 17.7. The van der Waals surface area contributed by atoms with Gasteiger partial charge in [0, 0.05) is 38.0 Å². The number of nitrogens with zero attached hydrogens (tertiary/aromatic N) is 4. The molecule has 0 spiro atoms. The minimum absolute atomic E-state index is 0.000345. The van der Waals surface area contributed by atoms with Crippen LogP contribution in [0.15, 0.2) is 70.6 Å². The largest absolute Gasteiger partial charge is 0.376 e. The van der Waals surface area contributed by atoms with E-state index in [1.807, 2.05) is 42.6 Å². The lowest BCUT2D eigenvalue weighted by atomic mass is 10.1. The number of benzene rings is 2. The van der Waals surface area contributed by atoms with Gasteiger partial charge in [-0.15, -0.1) is 0 Å². The lowest BCUT2D eigenvalue weighted by molar-refractivity contribution is -0.123. The van der Waals surface area contributed by atoms with E-state index in [0.717, 1.165) is 18.5 Å². The van der Waals surface area contributed by atoms with Crippen LogP contribution >= 0.6 is 24.0 Å². The molecule has 0 N–H and O–H groups in total. The first-order valence-electron chi connectivity index (χ1n) is 11.8. The molecule has 2 aromatic carbocycles. The smallest absolute Gasteiger partial charge is 0.266 e. The van der Waals surface area contributed by atoms with Gasteiger partial charge in [0.05, 0.1) is 28.1 Å². The van der Waals surface area contributed by atoms with Crippen LogP contribution in [0.1, 0.15) is 18.4 Å². The highest BCUT2D eigenvalue weighted by Crippen LogP contribution is 2.36. The van der Waals surface area contributed by atoms with Crippen molar-refractivity contribution in [2.45, 2.75) is 23.8 Å². The van der Waals surface area contributed by atoms with Crippen LogP contribution < -0.4 is 0 Å². The molecular weight excluding hydrogens is 529 g/mol. The molecule has 1 amide bonds. The van der Waals surface area contributed by atoms with Crippen LogP contribution in [0.25, 0.3) is 23.0 Å². The van der Waals surface area contributed by atoms with E-state index < -0.39 is 10.0 Å². The topological polar surface area (TPSA) is 84.7 Å². The third-order valence-corrected chi connectivity index (χ3v) is 9.41. The highest BCUT2D eigenvalue weighted by molar-refractivity contribution is 8.26. The molecule has 2 aliphatic heterocycles. The summed E-state index contributed by atoms with van der Waals surface area (Å²) in [6.45, 7) is 1.16. The fourth-order valence-electron chi connectivity index (χ4n) is 4.24. The van der Waals surface area contributed by atoms with Gasteiger partial charge in [-0.25, -0.2) is 17.4 Å². The molecule has 0 bridgehead atoms. The van der Waals surface area contributed by atoms with Crippen LogP contribution in [0.5, 0.6) is 0 Å². The van der Waals surface area contributed by atoms with Crippen LogP contribution in [0.4, 0.5) is 0 Å². The Morgan fingerprint density at radius 1 is 1.19 bits per heavy atom. The maximum atomic E-state index is 13.3. The van der Waals surface area contributed by atoms with E-state index in [1.54, 1.807) is 33.9 Å². The number of carbonyl (C=O) groups is 1. The van der Waals surface area contributed by atoms with E-state index in [0.29, 0.717) is 39.2 Å². The lowest BCUT2D eigenvalue weighted by Gasteiger charge is -2.18. The molecule has 2 aliphatic rings. The molecule has 2 fully saturated rings. The van der Waals surface area contributed by atoms with Gasteiger partial charge in [-0.05, 0) is 43.2 Å². The highest BCUT2D eigenvalue weighted by atomic mass is 32.2. The molecule has 1 atom stereocenters. The van der Waals surface area contributed by atoms with E-state index in [4.69, 9.17) is 22.1 Å². The minimum Gasteiger partial charge on any atom is -0.376 e. The Labute approximate surface area is 226 Å². The molecule has 1 aromatic heterocycles. The van der Waals surface area contributed by atoms with Gasteiger partial charge in [-0.2, -0.15) is 5.10 Å². The van der Waals surface area contributed by atoms with Gasteiger partial charge in [-0.3, -0.25) is 9.69 Å². The summed E-state index contributed by atoms with van der Waals surface area (Å²) in [5, 5.41) is 4.78. The van der Waals surface area contributed by atoms with Gasteiger partial charge in [0.25, 0.3) is 5.91 Å². The first-order valence-corrected chi connectivity index (χ1v) is 14.5. The zero-order chi connectivity index (χ0) is 26.2. The second-order valence-electron chi connectivity index (χ2n) is 8.96. The van der Waals surface area contributed by atoms with Crippen molar-refractivity contribution >= 4 is 50.3 Å². The number of carbonyl (C=O) groups excluding carboxylic acids is 1. The number of para-hydroxylation sites is 1. The molecule has 2 saturated heterocycles. The van der Waals surface area contributed by atoms with Crippen LogP contribution in [0, 0.1) is 0 Å². The van der Waals surface area contributed by atoms with Crippen molar-refractivity contribution in [3.8, 4) is 16.9 Å². The number of ether oxygens (including phenoxy) is 1. The summed E-state index contributed by atoms with van der Waals surface area (Å²) in [6.07, 6.45) is 5.52. The molecule has 0 saturated carbocycles. The van der Waals surface area contributed by atoms with Crippen LogP contribution in [0.2, 0.25) is 0 Å². The second kappa shape index (κ2) is 10.5. The van der Waals surface area contributed by atoms with Crippen molar-refractivity contribution in [3.05, 3.63) is 71.3 Å². The van der Waals surface area contributed by atoms with Crippen LogP contribution in [0.3, 0.4) is 0 Å². The monoisotopic (exact) mass is 554 g/mol.